The molecule has 5 heteroatoms. The second-order valence-electron chi connectivity index (χ2n) is 5.34. The number of nitrogens with two attached hydrogens (primary N) is 1. The van der Waals surface area contributed by atoms with Gasteiger partial charge in [-0.05, 0) is 31.9 Å². The first-order chi connectivity index (χ1) is 9.13. The van der Waals surface area contributed by atoms with Gasteiger partial charge in [-0.3, -0.25) is 4.79 Å². The molecular formula is C15H23ClN2OS. The van der Waals surface area contributed by atoms with Crippen molar-refractivity contribution in [3.8, 4) is 0 Å². The van der Waals surface area contributed by atoms with Crippen LogP contribution in [0, 0.1) is 6.92 Å². The third kappa shape index (κ3) is 4.69. The maximum atomic E-state index is 12.0. The van der Waals surface area contributed by atoms with Gasteiger partial charge in [0.1, 0.15) is 0 Å². The van der Waals surface area contributed by atoms with Crippen molar-refractivity contribution in [3.63, 3.8) is 0 Å². The van der Waals surface area contributed by atoms with Crippen LogP contribution >= 0.6 is 24.2 Å². The molecule has 3 N–H and O–H groups in total. The Hall–Kier alpha value is -0.710. The summed E-state index contributed by atoms with van der Waals surface area (Å²) < 4.78 is 0. The third-order valence-electron chi connectivity index (χ3n) is 3.75. The number of thioether (sulfide) groups is 1. The lowest BCUT2D eigenvalue weighted by Gasteiger charge is -2.28. The minimum absolute atomic E-state index is 0. The molecule has 3 nitrogen and oxygen atoms in total. The molecule has 0 saturated heterocycles. The molecule has 1 aromatic carbocycles. The summed E-state index contributed by atoms with van der Waals surface area (Å²) in [6, 6.07) is 8.25. The summed E-state index contributed by atoms with van der Waals surface area (Å²) in [5, 5.41) is 3.14. The van der Waals surface area contributed by atoms with Gasteiger partial charge >= 0.3 is 0 Å². The molecule has 1 fully saturated rings. The van der Waals surface area contributed by atoms with E-state index >= 15 is 0 Å². The van der Waals surface area contributed by atoms with Crippen LogP contribution < -0.4 is 11.1 Å². The summed E-state index contributed by atoms with van der Waals surface area (Å²) in [6.45, 7) is 2.61. The van der Waals surface area contributed by atoms with Crippen LogP contribution in [0.1, 0.15) is 31.2 Å². The van der Waals surface area contributed by atoms with Crippen molar-refractivity contribution in [2.75, 3.05) is 12.3 Å². The smallest absolute Gasteiger partial charge is 0.230 e. The second-order valence-corrected chi connectivity index (χ2v) is 6.39. The van der Waals surface area contributed by atoms with Crippen molar-refractivity contribution >= 4 is 30.1 Å². The molecule has 0 atom stereocenters. The number of hydrogen-bond donors (Lipinski definition) is 2. The Morgan fingerprint density at radius 1 is 1.30 bits per heavy atom. The number of rotatable bonds is 5. The van der Waals surface area contributed by atoms with E-state index in [1.807, 2.05) is 0 Å². The molecule has 1 amide bonds. The molecule has 0 unspecified atom stereocenters. The average molecular weight is 315 g/mol. The fourth-order valence-corrected chi connectivity index (χ4v) is 3.25. The first-order valence-corrected chi connectivity index (χ1v) is 7.83. The third-order valence-corrected chi connectivity index (χ3v) is 4.76. The van der Waals surface area contributed by atoms with Crippen LogP contribution in [-0.4, -0.2) is 23.7 Å². The number of benzene rings is 1. The van der Waals surface area contributed by atoms with Crippen LogP contribution in [0.5, 0.6) is 0 Å². The van der Waals surface area contributed by atoms with E-state index in [2.05, 4.69) is 36.5 Å². The molecule has 0 aliphatic heterocycles. The number of carbonyl (C=O) groups is 1. The number of hydrogen-bond acceptors (Lipinski definition) is 3. The summed E-state index contributed by atoms with van der Waals surface area (Å²) in [5.74, 6) is 0.558. The molecule has 0 heterocycles. The van der Waals surface area contributed by atoms with Crippen molar-refractivity contribution in [2.24, 2.45) is 5.73 Å². The van der Waals surface area contributed by atoms with Crippen LogP contribution in [0.2, 0.25) is 0 Å². The molecule has 0 radical (unpaired) electrons. The van der Waals surface area contributed by atoms with Gasteiger partial charge in [-0.25, -0.2) is 0 Å². The van der Waals surface area contributed by atoms with E-state index in [9.17, 15) is 4.79 Å². The summed E-state index contributed by atoms with van der Waals surface area (Å²) >= 11 is 1.58. The van der Waals surface area contributed by atoms with Gasteiger partial charge in [-0.1, -0.05) is 30.5 Å². The highest BCUT2D eigenvalue weighted by Gasteiger charge is 2.33. The molecule has 1 saturated carbocycles. The molecule has 112 valence electrons. The van der Waals surface area contributed by atoms with E-state index in [4.69, 9.17) is 5.73 Å². The Bertz CT molecular complexity index is 430. The number of aryl methyl sites for hydroxylation is 1. The minimum atomic E-state index is -0.134. The van der Waals surface area contributed by atoms with E-state index < -0.39 is 0 Å². The van der Waals surface area contributed by atoms with Gasteiger partial charge in [0.25, 0.3) is 0 Å². The van der Waals surface area contributed by atoms with Crippen LogP contribution in [0.25, 0.3) is 0 Å². The normalized spacial score (nSPS) is 16.5. The minimum Gasteiger partial charge on any atom is -0.349 e. The molecule has 20 heavy (non-hydrogen) atoms. The topological polar surface area (TPSA) is 55.1 Å². The fraction of sp³-hybridized carbons (Fsp3) is 0.533. The Morgan fingerprint density at radius 2 is 1.90 bits per heavy atom. The fourth-order valence-electron chi connectivity index (χ4n) is 2.55. The molecule has 0 aromatic heterocycles. The van der Waals surface area contributed by atoms with E-state index in [0.29, 0.717) is 12.3 Å². The maximum absolute atomic E-state index is 12.0. The molecule has 1 aromatic rings. The lowest BCUT2D eigenvalue weighted by Crippen LogP contribution is -2.52. The van der Waals surface area contributed by atoms with E-state index in [1.54, 1.807) is 11.8 Å². The van der Waals surface area contributed by atoms with E-state index in [0.717, 1.165) is 17.7 Å². The number of nitrogens with one attached hydrogen (secondary N) is 1. The van der Waals surface area contributed by atoms with Crippen LogP contribution in [0.3, 0.4) is 0 Å². The SMILES string of the molecule is Cc1ccc(SCC(=O)NC2(CN)CCCC2)cc1.Cl. The van der Waals surface area contributed by atoms with Gasteiger partial charge in [-0.15, -0.1) is 24.2 Å². The van der Waals surface area contributed by atoms with Crippen LogP contribution in [0.15, 0.2) is 29.2 Å². The Balaban J connectivity index is 0.00000200. The quantitative estimate of drug-likeness (QED) is 0.822. The predicted molar refractivity (Wildman–Crippen MR) is 87.5 cm³/mol. The molecule has 0 bridgehead atoms. The first-order valence-electron chi connectivity index (χ1n) is 6.84. The monoisotopic (exact) mass is 314 g/mol. The number of carbonyl (C=O) groups excluding carboxylic acids is 1. The zero-order valence-electron chi connectivity index (χ0n) is 11.9. The summed E-state index contributed by atoms with van der Waals surface area (Å²) in [4.78, 5) is 13.1. The van der Waals surface area contributed by atoms with Gasteiger partial charge in [0.05, 0.1) is 11.3 Å². The number of amides is 1. The average Bonchev–Trinajstić information content (AvgIpc) is 2.87. The van der Waals surface area contributed by atoms with E-state index in [-0.39, 0.29) is 23.9 Å². The second kappa shape index (κ2) is 7.91. The highest BCUT2D eigenvalue weighted by molar-refractivity contribution is 8.00. The highest BCUT2D eigenvalue weighted by Crippen LogP contribution is 2.29. The van der Waals surface area contributed by atoms with Crippen molar-refractivity contribution in [3.05, 3.63) is 29.8 Å². The molecule has 1 aliphatic rings. The Kier molecular flexibility index (Phi) is 6.86. The molecule has 2 rings (SSSR count). The summed E-state index contributed by atoms with van der Waals surface area (Å²) in [6.07, 6.45) is 4.38. The standard InChI is InChI=1S/C15H22N2OS.ClH/c1-12-4-6-13(7-5-12)19-10-14(18)17-15(11-16)8-2-3-9-15;/h4-7H,2-3,8-11,16H2,1H3,(H,17,18);1H. The lowest BCUT2D eigenvalue weighted by molar-refractivity contribution is -0.120. The molecule has 0 spiro atoms. The van der Waals surface area contributed by atoms with Crippen LogP contribution in [-0.2, 0) is 4.79 Å². The predicted octanol–water partition coefficient (Wildman–Crippen LogP) is 2.90. The summed E-state index contributed by atoms with van der Waals surface area (Å²) in [7, 11) is 0. The van der Waals surface area contributed by atoms with Crippen molar-refractivity contribution in [2.45, 2.75) is 43.0 Å². The molecule has 1 aliphatic carbocycles. The largest absolute Gasteiger partial charge is 0.349 e. The van der Waals surface area contributed by atoms with Crippen LogP contribution in [0.4, 0.5) is 0 Å². The summed E-state index contributed by atoms with van der Waals surface area (Å²) in [5.41, 5.74) is 6.92. The van der Waals surface area contributed by atoms with Gasteiger partial charge in [0.2, 0.25) is 5.91 Å². The van der Waals surface area contributed by atoms with Crippen molar-refractivity contribution in [1.82, 2.24) is 5.32 Å². The van der Waals surface area contributed by atoms with E-state index in [1.165, 1.54) is 18.4 Å². The lowest BCUT2D eigenvalue weighted by atomic mass is 9.98. The van der Waals surface area contributed by atoms with Gasteiger partial charge < -0.3 is 11.1 Å². The Morgan fingerprint density at radius 3 is 2.45 bits per heavy atom. The van der Waals surface area contributed by atoms with Gasteiger partial charge in [0.15, 0.2) is 0 Å². The maximum Gasteiger partial charge on any atom is 0.230 e. The van der Waals surface area contributed by atoms with Gasteiger partial charge in [0, 0.05) is 11.4 Å². The molecular weight excluding hydrogens is 292 g/mol. The van der Waals surface area contributed by atoms with Crippen molar-refractivity contribution < 1.29 is 4.79 Å². The van der Waals surface area contributed by atoms with Crippen molar-refractivity contribution in [1.29, 1.82) is 0 Å². The highest BCUT2D eigenvalue weighted by atomic mass is 35.5. The first kappa shape index (κ1) is 17.3. The van der Waals surface area contributed by atoms with Gasteiger partial charge in [-0.2, -0.15) is 0 Å². The zero-order chi connectivity index (χ0) is 13.7. The Labute approximate surface area is 131 Å². The zero-order valence-corrected chi connectivity index (χ0v) is 13.5. The number of halogens is 1.